The van der Waals surface area contributed by atoms with E-state index in [-0.39, 0.29) is 0 Å². The van der Waals surface area contributed by atoms with E-state index in [1.807, 2.05) is 0 Å². The molecular formula is C15H31NO2. The quantitative estimate of drug-likeness (QED) is 0.624. The highest BCUT2D eigenvalue weighted by atomic mass is 16.5. The Morgan fingerprint density at radius 3 is 2.28 bits per heavy atom. The standard InChI is InChI=1S/C15H31NO2/c1-13(2)12-16-8-6-15(7-9-16)18-11-5-10-17-14(3)4/h13-15H,5-12H2,1-4H3. The zero-order chi connectivity index (χ0) is 13.4. The molecule has 1 saturated heterocycles. The Labute approximate surface area is 113 Å². The summed E-state index contributed by atoms with van der Waals surface area (Å²) in [5, 5.41) is 0. The van der Waals surface area contributed by atoms with E-state index < -0.39 is 0 Å². The number of hydrogen-bond donors (Lipinski definition) is 0. The van der Waals surface area contributed by atoms with Gasteiger partial charge in [-0.25, -0.2) is 0 Å². The Bertz CT molecular complexity index is 199. The topological polar surface area (TPSA) is 21.7 Å². The summed E-state index contributed by atoms with van der Waals surface area (Å²) in [4.78, 5) is 2.56. The molecule has 3 heteroatoms. The van der Waals surface area contributed by atoms with Crippen LogP contribution in [0.3, 0.4) is 0 Å². The third-order valence-electron chi connectivity index (χ3n) is 3.25. The van der Waals surface area contributed by atoms with Gasteiger partial charge < -0.3 is 14.4 Å². The average molecular weight is 257 g/mol. The zero-order valence-corrected chi connectivity index (χ0v) is 12.7. The lowest BCUT2D eigenvalue weighted by atomic mass is 10.1. The van der Waals surface area contributed by atoms with E-state index in [9.17, 15) is 0 Å². The van der Waals surface area contributed by atoms with Gasteiger partial charge in [-0.3, -0.25) is 0 Å². The molecule has 0 unspecified atom stereocenters. The van der Waals surface area contributed by atoms with Gasteiger partial charge in [-0.15, -0.1) is 0 Å². The predicted molar refractivity (Wildman–Crippen MR) is 76.0 cm³/mol. The molecule has 18 heavy (non-hydrogen) atoms. The van der Waals surface area contributed by atoms with Crippen LogP contribution in [0, 0.1) is 5.92 Å². The molecule has 0 aliphatic carbocycles. The highest BCUT2D eigenvalue weighted by Crippen LogP contribution is 2.15. The van der Waals surface area contributed by atoms with Crippen molar-refractivity contribution in [1.82, 2.24) is 4.90 Å². The van der Waals surface area contributed by atoms with Gasteiger partial charge in [-0.05, 0) is 39.0 Å². The van der Waals surface area contributed by atoms with E-state index >= 15 is 0 Å². The van der Waals surface area contributed by atoms with Gasteiger partial charge in [0.1, 0.15) is 0 Å². The van der Waals surface area contributed by atoms with E-state index in [4.69, 9.17) is 9.47 Å². The van der Waals surface area contributed by atoms with Crippen LogP contribution < -0.4 is 0 Å². The fourth-order valence-corrected chi connectivity index (χ4v) is 2.40. The Hall–Kier alpha value is -0.120. The van der Waals surface area contributed by atoms with Crippen molar-refractivity contribution in [2.45, 2.75) is 59.2 Å². The van der Waals surface area contributed by atoms with Crippen LogP contribution in [-0.2, 0) is 9.47 Å². The van der Waals surface area contributed by atoms with Crippen molar-refractivity contribution in [3.8, 4) is 0 Å². The van der Waals surface area contributed by atoms with E-state index in [0.717, 1.165) is 25.6 Å². The normalized spacial score (nSPS) is 19.0. The van der Waals surface area contributed by atoms with Crippen molar-refractivity contribution in [3.05, 3.63) is 0 Å². The molecule has 0 amide bonds. The van der Waals surface area contributed by atoms with Gasteiger partial charge in [0.2, 0.25) is 0 Å². The largest absolute Gasteiger partial charge is 0.379 e. The minimum absolute atomic E-state index is 0.337. The third-order valence-corrected chi connectivity index (χ3v) is 3.25. The maximum absolute atomic E-state index is 5.91. The second-order valence-electron chi connectivity index (χ2n) is 6.04. The Kier molecular flexibility index (Phi) is 7.87. The molecule has 0 radical (unpaired) electrons. The minimum atomic E-state index is 0.337. The Morgan fingerprint density at radius 1 is 1.06 bits per heavy atom. The summed E-state index contributed by atoms with van der Waals surface area (Å²) in [5.74, 6) is 0.774. The predicted octanol–water partition coefficient (Wildman–Crippen LogP) is 2.94. The van der Waals surface area contributed by atoms with Crippen molar-refractivity contribution in [2.75, 3.05) is 32.8 Å². The minimum Gasteiger partial charge on any atom is -0.379 e. The van der Waals surface area contributed by atoms with E-state index in [1.54, 1.807) is 0 Å². The monoisotopic (exact) mass is 257 g/mol. The summed E-state index contributed by atoms with van der Waals surface area (Å²) in [6.07, 6.45) is 4.22. The molecule has 1 fully saturated rings. The summed E-state index contributed by atoms with van der Waals surface area (Å²) in [7, 11) is 0. The molecule has 1 aliphatic heterocycles. The first kappa shape index (κ1) is 15.9. The van der Waals surface area contributed by atoms with Crippen LogP contribution in [-0.4, -0.2) is 50.0 Å². The van der Waals surface area contributed by atoms with Crippen LogP contribution in [0.1, 0.15) is 47.0 Å². The summed E-state index contributed by atoms with van der Waals surface area (Å²) in [5.41, 5.74) is 0. The molecule has 0 aromatic carbocycles. The SMILES string of the molecule is CC(C)CN1CCC(OCCCOC(C)C)CC1. The molecule has 0 spiro atoms. The van der Waals surface area contributed by atoms with Crippen LogP contribution >= 0.6 is 0 Å². The number of ether oxygens (including phenoxy) is 2. The van der Waals surface area contributed by atoms with Crippen LogP contribution in [0.5, 0.6) is 0 Å². The highest BCUT2D eigenvalue weighted by Gasteiger charge is 2.19. The first-order valence-electron chi connectivity index (χ1n) is 7.53. The van der Waals surface area contributed by atoms with Crippen molar-refractivity contribution >= 4 is 0 Å². The lowest BCUT2D eigenvalue weighted by Crippen LogP contribution is -2.39. The molecule has 0 N–H and O–H groups in total. The second-order valence-corrected chi connectivity index (χ2v) is 6.04. The van der Waals surface area contributed by atoms with Crippen molar-refractivity contribution in [1.29, 1.82) is 0 Å². The number of piperidine rings is 1. The van der Waals surface area contributed by atoms with E-state index in [0.29, 0.717) is 12.2 Å². The summed E-state index contributed by atoms with van der Waals surface area (Å²) in [6, 6.07) is 0. The van der Waals surface area contributed by atoms with Crippen molar-refractivity contribution in [3.63, 3.8) is 0 Å². The van der Waals surface area contributed by atoms with Gasteiger partial charge in [-0.1, -0.05) is 13.8 Å². The van der Waals surface area contributed by atoms with Crippen molar-refractivity contribution < 1.29 is 9.47 Å². The first-order chi connectivity index (χ1) is 8.58. The lowest BCUT2D eigenvalue weighted by Gasteiger charge is -2.32. The Balaban J connectivity index is 1.98. The summed E-state index contributed by atoms with van der Waals surface area (Å²) >= 11 is 0. The van der Waals surface area contributed by atoms with Gasteiger partial charge >= 0.3 is 0 Å². The van der Waals surface area contributed by atoms with Crippen LogP contribution in [0.2, 0.25) is 0 Å². The summed E-state index contributed by atoms with van der Waals surface area (Å²) in [6.45, 7) is 14.0. The molecule has 0 atom stereocenters. The molecule has 3 nitrogen and oxygen atoms in total. The van der Waals surface area contributed by atoms with Gasteiger partial charge in [0.15, 0.2) is 0 Å². The van der Waals surface area contributed by atoms with Crippen LogP contribution in [0.15, 0.2) is 0 Å². The van der Waals surface area contributed by atoms with Crippen LogP contribution in [0.4, 0.5) is 0 Å². The van der Waals surface area contributed by atoms with E-state index in [2.05, 4.69) is 32.6 Å². The van der Waals surface area contributed by atoms with Crippen molar-refractivity contribution in [2.24, 2.45) is 5.92 Å². The second kappa shape index (κ2) is 8.89. The third kappa shape index (κ3) is 7.34. The fraction of sp³-hybridized carbons (Fsp3) is 1.00. The number of nitrogens with zero attached hydrogens (tertiary/aromatic N) is 1. The van der Waals surface area contributed by atoms with Crippen LogP contribution in [0.25, 0.3) is 0 Å². The molecule has 1 heterocycles. The smallest absolute Gasteiger partial charge is 0.0599 e. The fourth-order valence-electron chi connectivity index (χ4n) is 2.40. The Morgan fingerprint density at radius 2 is 1.72 bits per heavy atom. The van der Waals surface area contributed by atoms with E-state index in [1.165, 1.54) is 32.5 Å². The van der Waals surface area contributed by atoms with Gasteiger partial charge in [-0.2, -0.15) is 0 Å². The molecule has 108 valence electrons. The number of rotatable bonds is 8. The summed E-state index contributed by atoms with van der Waals surface area (Å²) < 4.78 is 11.4. The number of hydrogen-bond acceptors (Lipinski definition) is 3. The average Bonchev–Trinajstić information content (AvgIpc) is 2.30. The van der Waals surface area contributed by atoms with Gasteiger partial charge in [0.05, 0.1) is 12.2 Å². The molecule has 0 aromatic heterocycles. The number of likely N-dealkylation sites (tertiary alicyclic amines) is 1. The molecule has 0 bridgehead atoms. The molecule has 1 rings (SSSR count). The first-order valence-corrected chi connectivity index (χ1v) is 7.53. The lowest BCUT2D eigenvalue weighted by molar-refractivity contribution is -0.00939. The van der Waals surface area contributed by atoms with Gasteiger partial charge in [0.25, 0.3) is 0 Å². The maximum Gasteiger partial charge on any atom is 0.0599 e. The highest BCUT2D eigenvalue weighted by molar-refractivity contribution is 4.73. The molecule has 0 saturated carbocycles. The molecular weight excluding hydrogens is 226 g/mol. The maximum atomic E-state index is 5.91. The molecule has 1 aliphatic rings. The zero-order valence-electron chi connectivity index (χ0n) is 12.7. The van der Waals surface area contributed by atoms with Gasteiger partial charge in [0, 0.05) is 32.8 Å². The molecule has 0 aromatic rings.